The van der Waals surface area contributed by atoms with E-state index in [1.807, 2.05) is 54.7 Å². The van der Waals surface area contributed by atoms with Gasteiger partial charge in [-0.15, -0.1) is 0 Å². The summed E-state index contributed by atoms with van der Waals surface area (Å²) in [6.45, 7) is 6.36. The lowest BCUT2D eigenvalue weighted by atomic mass is 10.0. The van der Waals surface area contributed by atoms with Crippen LogP contribution in [0.25, 0.3) is 0 Å². The maximum absolute atomic E-state index is 12.8. The van der Waals surface area contributed by atoms with Crippen LogP contribution in [0.3, 0.4) is 0 Å². The lowest BCUT2D eigenvalue weighted by molar-refractivity contribution is -0.167. The van der Waals surface area contributed by atoms with Crippen molar-refractivity contribution in [1.82, 2.24) is 0 Å². The Morgan fingerprint density at radius 1 is 0.328 bits per heavy atom. The lowest BCUT2D eigenvalue weighted by Crippen LogP contribution is -2.30. The van der Waals surface area contributed by atoms with Crippen molar-refractivity contribution < 1.29 is 28.6 Å². The fourth-order valence-electron chi connectivity index (χ4n) is 7.29. The standard InChI is InChI=1S/C61H100O6/c1-4-7-10-13-16-19-22-25-27-29-30-32-33-36-39-42-45-48-51-54-60(63)66-57-58(56-65-59(62)53-50-47-44-41-38-35-24-21-18-15-12-9-6-3)67-61(64)55-52-49-46-43-40-37-34-31-28-26-23-20-17-14-11-8-5-2/h9,12,15,17-18,20-21,24,26,28,34-35,37-38,41,43-44,46,58H,4-8,10-11,13-14,16,19,22-23,25,27,29-33,36,39-40,42,45,47-57H2,1-3H3/b12-9+,18-15+,20-17+,24-21+,28-26+,37-34+,38-35+,44-41+,46-43+. The second kappa shape index (κ2) is 54.7. The van der Waals surface area contributed by atoms with Gasteiger partial charge in [0.2, 0.25) is 0 Å². The van der Waals surface area contributed by atoms with Gasteiger partial charge in [0.05, 0.1) is 0 Å². The maximum Gasteiger partial charge on any atom is 0.306 e. The zero-order valence-corrected chi connectivity index (χ0v) is 43.4. The van der Waals surface area contributed by atoms with Crippen molar-refractivity contribution in [3.05, 3.63) is 109 Å². The highest BCUT2D eigenvalue weighted by atomic mass is 16.6. The molecule has 0 aromatic carbocycles. The Morgan fingerprint density at radius 2 is 0.657 bits per heavy atom. The quantitative estimate of drug-likeness (QED) is 0.0199. The third-order valence-corrected chi connectivity index (χ3v) is 11.4. The molecule has 0 N–H and O–H groups in total. The Labute approximate surface area is 412 Å². The highest BCUT2D eigenvalue weighted by molar-refractivity contribution is 5.71. The molecule has 0 aliphatic rings. The molecule has 0 bridgehead atoms. The molecule has 0 saturated heterocycles. The van der Waals surface area contributed by atoms with Crippen LogP contribution < -0.4 is 0 Å². The smallest absolute Gasteiger partial charge is 0.306 e. The first-order valence-electron chi connectivity index (χ1n) is 27.5. The van der Waals surface area contributed by atoms with E-state index in [-0.39, 0.29) is 44.0 Å². The molecule has 0 spiro atoms. The fourth-order valence-corrected chi connectivity index (χ4v) is 7.29. The number of unbranched alkanes of at least 4 members (excludes halogenated alkanes) is 23. The van der Waals surface area contributed by atoms with E-state index in [1.165, 1.54) is 128 Å². The van der Waals surface area contributed by atoms with Crippen LogP contribution >= 0.6 is 0 Å². The average molecular weight is 929 g/mol. The minimum absolute atomic E-state index is 0.122. The summed E-state index contributed by atoms with van der Waals surface area (Å²) in [5, 5.41) is 0. The first-order valence-corrected chi connectivity index (χ1v) is 27.5. The molecule has 6 heteroatoms. The lowest BCUT2D eigenvalue weighted by Gasteiger charge is -2.18. The van der Waals surface area contributed by atoms with E-state index in [2.05, 4.69) is 75.5 Å². The molecule has 0 aliphatic heterocycles. The van der Waals surface area contributed by atoms with Gasteiger partial charge in [-0.3, -0.25) is 14.4 Å². The molecule has 0 saturated carbocycles. The second-order valence-corrected chi connectivity index (χ2v) is 17.9. The highest BCUT2D eigenvalue weighted by Crippen LogP contribution is 2.15. The Balaban J connectivity index is 4.51. The molecular formula is C61H100O6. The highest BCUT2D eigenvalue weighted by Gasteiger charge is 2.19. The van der Waals surface area contributed by atoms with E-state index in [1.54, 1.807) is 0 Å². The number of hydrogen-bond donors (Lipinski definition) is 0. The van der Waals surface area contributed by atoms with Gasteiger partial charge in [-0.1, -0.05) is 259 Å². The fraction of sp³-hybridized carbons (Fsp3) is 0.656. The summed E-state index contributed by atoms with van der Waals surface area (Å²) in [5.74, 6) is -1.06. The minimum Gasteiger partial charge on any atom is -0.462 e. The van der Waals surface area contributed by atoms with Crippen LogP contribution in [-0.2, 0) is 28.6 Å². The molecular weight excluding hydrogens is 829 g/mol. The predicted molar refractivity (Wildman–Crippen MR) is 288 cm³/mol. The average Bonchev–Trinajstić information content (AvgIpc) is 3.33. The summed E-state index contributed by atoms with van der Waals surface area (Å²) >= 11 is 0. The van der Waals surface area contributed by atoms with Crippen LogP contribution in [0.15, 0.2) is 109 Å². The number of rotatable bonds is 48. The summed E-state index contributed by atoms with van der Waals surface area (Å²) in [7, 11) is 0. The van der Waals surface area contributed by atoms with Crippen molar-refractivity contribution in [2.45, 2.75) is 245 Å². The second-order valence-electron chi connectivity index (χ2n) is 17.9. The first-order chi connectivity index (χ1) is 33.0. The van der Waals surface area contributed by atoms with Gasteiger partial charge in [-0.25, -0.2) is 0 Å². The van der Waals surface area contributed by atoms with E-state index in [4.69, 9.17) is 14.2 Å². The van der Waals surface area contributed by atoms with Crippen LogP contribution in [-0.4, -0.2) is 37.2 Å². The number of allylic oxidation sites excluding steroid dienone is 18. The van der Waals surface area contributed by atoms with E-state index >= 15 is 0 Å². The van der Waals surface area contributed by atoms with Crippen LogP contribution in [0.4, 0.5) is 0 Å². The Hall–Kier alpha value is -3.93. The number of hydrogen-bond acceptors (Lipinski definition) is 6. The number of carbonyl (C=O) groups excluding carboxylic acids is 3. The van der Waals surface area contributed by atoms with Crippen molar-refractivity contribution in [3.63, 3.8) is 0 Å². The van der Waals surface area contributed by atoms with Crippen LogP contribution in [0, 0.1) is 0 Å². The molecule has 1 unspecified atom stereocenters. The monoisotopic (exact) mass is 929 g/mol. The Kier molecular flexibility index (Phi) is 51.5. The molecule has 0 heterocycles. The zero-order chi connectivity index (χ0) is 48.6. The van der Waals surface area contributed by atoms with Crippen LogP contribution in [0.1, 0.15) is 239 Å². The maximum atomic E-state index is 12.8. The predicted octanol–water partition coefficient (Wildman–Crippen LogP) is 18.3. The summed E-state index contributed by atoms with van der Waals surface area (Å²) in [5.41, 5.74) is 0. The van der Waals surface area contributed by atoms with Crippen molar-refractivity contribution in [3.8, 4) is 0 Å². The molecule has 0 aromatic rings. The topological polar surface area (TPSA) is 78.9 Å². The van der Waals surface area contributed by atoms with Crippen molar-refractivity contribution in [1.29, 1.82) is 0 Å². The van der Waals surface area contributed by atoms with Crippen molar-refractivity contribution >= 4 is 17.9 Å². The third kappa shape index (κ3) is 52.9. The molecule has 380 valence electrons. The molecule has 6 nitrogen and oxygen atoms in total. The van der Waals surface area contributed by atoms with E-state index in [9.17, 15) is 14.4 Å². The van der Waals surface area contributed by atoms with Gasteiger partial charge in [0, 0.05) is 19.3 Å². The Bertz CT molecular complexity index is 1390. The summed E-state index contributed by atoms with van der Waals surface area (Å²) in [6, 6.07) is 0. The van der Waals surface area contributed by atoms with E-state index in [0.717, 1.165) is 57.8 Å². The van der Waals surface area contributed by atoms with Crippen molar-refractivity contribution in [2.24, 2.45) is 0 Å². The molecule has 0 radical (unpaired) electrons. The van der Waals surface area contributed by atoms with Gasteiger partial charge in [-0.05, 0) is 70.6 Å². The van der Waals surface area contributed by atoms with Gasteiger partial charge in [0.25, 0.3) is 0 Å². The molecule has 0 amide bonds. The molecule has 1 atom stereocenters. The van der Waals surface area contributed by atoms with Gasteiger partial charge >= 0.3 is 17.9 Å². The van der Waals surface area contributed by atoms with E-state index in [0.29, 0.717) is 19.3 Å². The number of ether oxygens (including phenoxy) is 3. The van der Waals surface area contributed by atoms with Gasteiger partial charge in [-0.2, -0.15) is 0 Å². The summed E-state index contributed by atoms with van der Waals surface area (Å²) in [6.07, 6.45) is 73.8. The molecule has 0 fully saturated rings. The minimum atomic E-state index is -0.836. The molecule has 0 aromatic heterocycles. The Morgan fingerprint density at radius 3 is 1.10 bits per heavy atom. The first kappa shape index (κ1) is 63.1. The number of esters is 3. The normalized spacial score (nSPS) is 12.9. The zero-order valence-electron chi connectivity index (χ0n) is 43.4. The molecule has 0 aliphatic carbocycles. The van der Waals surface area contributed by atoms with Crippen LogP contribution in [0.2, 0.25) is 0 Å². The van der Waals surface area contributed by atoms with Gasteiger partial charge in [0.15, 0.2) is 6.10 Å². The SMILES string of the molecule is CC/C=C/C=C/C=C/C=C/C=C/CCCC(=O)OCC(COC(=O)CCCCCCCCCCCCCCCCCCCCC)OC(=O)CCC/C=C/C/C=C/C/C=C/C/C=C/CCCCC. The third-order valence-electron chi connectivity index (χ3n) is 11.4. The largest absolute Gasteiger partial charge is 0.462 e. The van der Waals surface area contributed by atoms with Gasteiger partial charge in [0.1, 0.15) is 13.2 Å². The van der Waals surface area contributed by atoms with Crippen molar-refractivity contribution in [2.75, 3.05) is 13.2 Å². The summed E-state index contributed by atoms with van der Waals surface area (Å²) in [4.78, 5) is 38.0. The molecule has 67 heavy (non-hydrogen) atoms. The summed E-state index contributed by atoms with van der Waals surface area (Å²) < 4.78 is 16.7. The number of carbonyl (C=O) groups is 3. The molecule has 0 rings (SSSR count). The van der Waals surface area contributed by atoms with Gasteiger partial charge < -0.3 is 14.2 Å². The van der Waals surface area contributed by atoms with E-state index < -0.39 is 6.10 Å². The van der Waals surface area contributed by atoms with Crippen LogP contribution in [0.5, 0.6) is 0 Å².